The number of hydrogen-bond donors (Lipinski definition) is 2. The molecule has 1 aliphatic heterocycles. The van der Waals surface area contributed by atoms with Crippen LogP contribution < -0.4 is 5.32 Å². The van der Waals surface area contributed by atoms with Gasteiger partial charge in [0.1, 0.15) is 0 Å². The molecule has 3 heteroatoms. The fraction of sp³-hybridized carbons (Fsp3) is 0.957. The van der Waals surface area contributed by atoms with Crippen molar-refractivity contribution in [2.75, 3.05) is 0 Å². The third-order valence-electron chi connectivity index (χ3n) is 9.01. The van der Waals surface area contributed by atoms with Crippen LogP contribution in [0.25, 0.3) is 0 Å². The lowest BCUT2D eigenvalue weighted by Gasteiger charge is -2.47. The van der Waals surface area contributed by atoms with Crippen molar-refractivity contribution in [2.45, 2.75) is 96.6 Å². The molecule has 3 saturated carbocycles. The zero-order valence-corrected chi connectivity index (χ0v) is 16.8. The molecule has 3 nitrogen and oxygen atoms in total. The lowest BCUT2D eigenvalue weighted by Crippen LogP contribution is -2.45. The average Bonchev–Trinajstić information content (AvgIpc) is 3.15. The predicted octanol–water partition coefficient (Wildman–Crippen LogP) is 5.10. The van der Waals surface area contributed by atoms with Gasteiger partial charge in [-0.2, -0.15) is 0 Å². The van der Waals surface area contributed by atoms with Gasteiger partial charge in [0.05, 0.1) is 5.92 Å². The van der Waals surface area contributed by atoms with Crippen LogP contribution in [-0.2, 0) is 4.79 Å². The smallest absolute Gasteiger partial charge is 0.306 e. The van der Waals surface area contributed by atoms with E-state index >= 15 is 0 Å². The summed E-state index contributed by atoms with van der Waals surface area (Å²) in [5.41, 5.74) is 0. The minimum absolute atomic E-state index is 0.0755. The molecule has 1 saturated heterocycles. The highest BCUT2D eigenvalue weighted by Crippen LogP contribution is 2.49. The van der Waals surface area contributed by atoms with Gasteiger partial charge in [-0.25, -0.2) is 0 Å². The molecular formula is C23H39NO2. The summed E-state index contributed by atoms with van der Waals surface area (Å²) < 4.78 is 0. The number of fused-ring (bicyclic) bond motifs is 1. The normalized spacial score (nSPS) is 49.5. The molecule has 7 atom stereocenters. The number of rotatable bonds is 3. The second kappa shape index (κ2) is 7.81. The molecule has 0 bridgehead atoms. The standard InChI is InChI=1S/C23H39NO2/c1-14-3-4-15(2)20-13-18(9-10-19(14)20)22-12-11-21(24-22)16-5-7-17(8-6-16)23(25)26/h14-22,24H,3-13H2,1-2H3,(H,25,26). The van der Waals surface area contributed by atoms with Crippen LogP contribution in [0.4, 0.5) is 0 Å². The number of carboxylic acid groups (broad SMARTS) is 1. The van der Waals surface area contributed by atoms with Crippen LogP contribution >= 0.6 is 0 Å². The highest BCUT2D eigenvalue weighted by molar-refractivity contribution is 5.70. The SMILES string of the molecule is CC1CCC(C)C2CC(C3CCC(C4CCC(C(=O)O)CC4)N3)CCC12. The molecule has 26 heavy (non-hydrogen) atoms. The van der Waals surface area contributed by atoms with E-state index in [4.69, 9.17) is 0 Å². The molecule has 4 fully saturated rings. The summed E-state index contributed by atoms with van der Waals surface area (Å²) in [6.07, 6.45) is 14.0. The number of carboxylic acids is 1. The van der Waals surface area contributed by atoms with Gasteiger partial charge in [0.15, 0.2) is 0 Å². The van der Waals surface area contributed by atoms with Crippen molar-refractivity contribution < 1.29 is 9.90 Å². The van der Waals surface area contributed by atoms with Crippen molar-refractivity contribution in [2.24, 2.45) is 41.4 Å². The number of carbonyl (C=O) groups is 1. The second-order valence-corrected chi connectivity index (χ2v) is 10.3. The molecule has 0 aromatic carbocycles. The third-order valence-corrected chi connectivity index (χ3v) is 9.01. The maximum atomic E-state index is 11.2. The summed E-state index contributed by atoms with van der Waals surface area (Å²) in [4.78, 5) is 11.2. The monoisotopic (exact) mass is 361 g/mol. The van der Waals surface area contributed by atoms with Gasteiger partial charge in [-0.05, 0) is 93.3 Å². The molecule has 1 heterocycles. The summed E-state index contributed by atoms with van der Waals surface area (Å²) in [5, 5.41) is 13.3. The molecule has 7 unspecified atom stereocenters. The van der Waals surface area contributed by atoms with Crippen LogP contribution in [-0.4, -0.2) is 23.2 Å². The molecule has 0 radical (unpaired) electrons. The maximum absolute atomic E-state index is 11.2. The van der Waals surface area contributed by atoms with Crippen molar-refractivity contribution in [1.82, 2.24) is 5.32 Å². The van der Waals surface area contributed by atoms with E-state index in [-0.39, 0.29) is 5.92 Å². The maximum Gasteiger partial charge on any atom is 0.306 e. The zero-order chi connectivity index (χ0) is 18.3. The number of nitrogens with one attached hydrogen (secondary N) is 1. The van der Waals surface area contributed by atoms with E-state index < -0.39 is 5.97 Å². The summed E-state index contributed by atoms with van der Waals surface area (Å²) in [7, 11) is 0. The Morgan fingerprint density at radius 1 is 0.731 bits per heavy atom. The molecule has 0 aromatic heterocycles. The Morgan fingerprint density at radius 2 is 1.31 bits per heavy atom. The Balaban J connectivity index is 1.30. The third kappa shape index (κ3) is 3.70. The van der Waals surface area contributed by atoms with E-state index in [9.17, 15) is 9.90 Å². The lowest BCUT2D eigenvalue weighted by molar-refractivity contribution is -0.143. The van der Waals surface area contributed by atoms with Crippen LogP contribution in [0.5, 0.6) is 0 Å². The van der Waals surface area contributed by atoms with Crippen LogP contribution in [0.3, 0.4) is 0 Å². The second-order valence-electron chi connectivity index (χ2n) is 10.3. The Hall–Kier alpha value is -0.570. The van der Waals surface area contributed by atoms with E-state index in [1.165, 1.54) is 44.9 Å². The summed E-state index contributed by atoms with van der Waals surface area (Å²) in [6.45, 7) is 5.01. The molecule has 0 spiro atoms. The van der Waals surface area contributed by atoms with E-state index in [0.717, 1.165) is 67.2 Å². The van der Waals surface area contributed by atoms with E-state index in [0.29, 0.717) is 6.04 Å². The fourth-order valence-electron chi connectivity index (χ4n) is 7.26. The molecule has 4 rings (SSSR count). The van der Waals surface area contributed by atoms with Crippen LogP contribution in [0, 0.1) is 41.4 Å². The zero-order valence-electron chi connectivity index (χ0n) is 16.8. The van der Waals surface area contributed by atoms with Crippen LogP contribution in [0.1, 0.15) is 84.5 Å². The summed E-state index contributed by atoms with van der Waals surface area (Å²) in [5.74, 6) is 4.82. The summed E-state index contributed by atoms with van der Waals surface area (Å²) >= 11 is 0. The van der Waals surface area contributed by atoms with Crippen LogP contribution in [0.2, 0.25) is 0 Å². The van der Waals surface area contributed by atoms with Gasteiger partial charge in [-0.15, -0.1) is 0 Å². The predicted molar refractivity (Wildman–Crippen MR) is 105 cm³/mol. The first-order valence-corrected chi connectivity index (χ1v) is 11.5. The highest BCUT2D eigenvalue weighted by Gasteiger charge is 2.43. The first kappa shape index (κ1) is 18.8. The highest BCUT2D eigenvalue weighted by atomic mass is 16.4. The van der Waals surface area contributed by atoms with Crippen molar-refractivity contribution >= 4 is 5.97 Å². The van der Waals surface area contributed by atoms with Gasteiger partial charge in [0, 0.05) is 12.1 Å². The summed E-state index contributed by atoms with van der Waals surface area (Å²) in [6, 6.07) is 1.40. The Kier molecular flexibility index (Phi) is 5.64. The molecule has 148 valence electrons. The molecule has 3 aliphatic carbocycles. The first-order chi connectivity index (χ1) is 12.5. The quantitative estimate of drug-likeness (QED) is 0.735. The Morgan fingerprint density at radius 3 is 1.96 bits per heavy atom. The van der Waals surface area contributed by atoms with E-state index in [2.05, 4.69) is 19.2 Å². The minimum Gasteiger partial charge on any atom is -0.481 e. The minimum atomic E-state index is -0.576. The van der Waals surface area contributed by atoms with Gasteiger partial charge >= 0.3 is 5.97 Å². The van der Waals surface area contributed by atoms with Gasteiger partial charge in [-0.3, -0.25) is 4.79 Å². The van der Waals surface area contributed by atoms with Crippen molar-refractivity contribution in [3.8, 4) is 0 Å². The van der Waals surface area contributed by atoms with Crippen molar-refractivity contribution in [3.05, 3.63) is 0 Å². The number of aliphatic carboxylic acids is 1. The van der Waals surface area contributed by atoms with Crippen molar-refractivity contribution in [3.63, 3.8) is 0 Å². The molecule has 4 aliphatic rings. The van der Waals surface area contributed by atoms with Crippen molar-refractivity contribution in [1.29, 1.82) is 0 Å². The van der Waals surface area contributed by atoms with Gasteiger partial charge in [0.25, 0.3) is 0 Å². The van der Waals surface area contributed by atoms with Gasteiger partial charge in [0.2, 0.25) is 0 Å². The molecule has 2 N–H and O–H groups in total. The fourth-order valence-corrected chi connectivity index (χ4v) is 7.26. The number of hydrogen-bond acceptors (Lipinski definition) is 2. The van der Waals surface area contributed by atoms with E-state index in [1.54, 1.807) is 0 Å². The van der Waals surface area contributed by atoms with Gasteiger partial charge in [-0.1, -0.05) is 26.7 Å². The largest absolute Gasteiger partial charge is 0.481 e. The molecule has 0 aromatic rings. The average molecular weight is 362 g/mol. The Labute approximate surface area is 159 Å². The van der Waals surface area contributed by atoms with Gasteiger partial charge < -0.3 is 10.4 Å². The first-order valence-electron chi connectivity index (χ1n) is 11.5. The topological polar surface area (TPSA) is 49.3 Å². The van der Waals surface area contributed by atoms with Crippen LogP contribution in [0.15, 0.2) is 0 Å². The molecular weight excluding hydrogens is 322 g/mol. The Bertz CT molecular complexity index is 498. The lowest BCUT2D eigenvalue weighted by atomic mass is 9.59. The van der Waals surface area contributed by atoms with E-state index in [1.807, 2.05) is 0 Å². The molecule has 0 amide bonds.